The summed E-state index contributed by atoms with van der Waals surface area (Å²) >= 11 is 0. The van der Waals surface area contributed by atoms with Gasteiger partial charge >= 0.3 is 0 Å². The molecule has 1 rings (SSSR count). The third-order valence-electron chi connectivity index (χ3n) is 1.62. The van der Waals surface area contributed by atoms with E-state index < -0.39 is 0 Å². The number of amides is 1. The molecule has 0 N–H and O–H groups in total. The fourth-order valence-corrected chi connectivity index (χ4v) is 0.997. The zero-order valence-electron chi connectivity index (χ0n) is 6.64. The van der Waals surface area contributed by atoms with Crippen molar-refractivity contribution in [1.82, 2.24) is 4.90 Å². The van der Waals surface area contributed by atoms with Gasteiger partial charge in [-0.2, -0.15) is 0 Å². The number of azide groups is 1. The number of rotatable bonds is 3. The van der Waals surface area contributed by atoms with E-state index in [-0.39, 0.29) is 12.5 Å². The van der Waals surface area contributed by atoms with Crippen molar-refractivity contribution in [3.05, 3.63) is 10.4 Å². The normalized spacial score (nSPS) is 17.3. The molecule has 0 aliphatic carbocycles. The van der Waals surface area contributed by atoms with Crippen LogP contribution in [-0.4, -0.2) is 43.7 Å². The second-order valence-electron chi connectivity index (χ2n) is 2.39. The maximum atomic E-state index is 11.1. The number of hydrogen-bond acceptors (Lipinski definition) is 3. The Bertz CT molecular complexity index is 212. The number of hydrogen-bond donors (Lipinski definition) is 0. The number of carbonyl (C=O) groups is 1. The lowest BCUT2D eigenvalue weighted by molar-refractivity contribution is -0.142. The van der Waals surface area contributed by atoms with Gasteiger partial charge in [-0.1, -0.05) is 5.11 Å². The Hall–Kier alpha value is -1.26. The summed E-state index contributed by atoms with van der Waals surface area (Å²) in [4.78, 5) is 15.3. The Morgan fingerprint density at radius 1 is 1.75 bits per heavy atom. The summed E-state index contributed by atoms with van der Waals surface area (Å²) in [5.41, 5.74) is 7.99. The Balaban J connectivity index is 2.29. The molecule has 0 saturated carbocycles. The van der Waals surface area contributed by atoms with Crippen LogP contribution in [0.25, 0.3) is 10.4 Å². The van der Waals surface area contributed by atoms with Crippen molar-refractivity contribution < 1.29 is 9.53 Å². The first-order valence-corrected chi connectivity index (χ1v) is 3.71. The van der Waals surface area contributed by atoms with E-state index >= 15 is 0 Å². The predicted octanol–water partition coefficient (Wildman–Crippen LogP) is 0.155. The lowest BCUT2D eigenvalue weighted by atomic mass is 10.4. The van der Waals surface area contributed by atoms with E-state index in [1.54, 1.807) is 4.90 Å². The van der Waals surface area contributed by atoms with Crippen LogP contribution in [0, 0.1) is 0 Å². The van der Waals surface area contributed by atoms with Crippen LogP contribution in [0.3, 0.4) is 0 Å². The minimum absolute atomic E-state index is 0.0330. The second-order valence-corrected chi connectivity index (χ2v) is 2.39. The van der Waals surface area contributed by atoms with E-state index in [2.05, 4.69) is 10.0 Å². The lowest BCUT2D eigenvalue weighted by Gasteiger charge is -2.25. The maximum absolute atomic E-state index is 11.1. The third kappa shape index (κ3) is 2.41. The average Bonchev–Trinajstić information content (AvgIpc) is 2.09. The van der Waals surface area contributed by atoms with Crippen molar-refractivity contribution in [3.8, 4) is 0 Å². The summed E-state index contributed by atoms with van der Waals surface area (Å²) in [5, 5.41) is 3.35. The molecule has 0 radical (unpaired) electrons. The van der Waals surface area contributed by atoms with Crippen LogP contribution >= 0.6 is 0 Å². The van der Waals surface area contributed by atoms with Crippen molar-refractivity contribution in [3.63, 3.8) is 0 Å². The molecule has 1 aliphatic rings. The summed E-state index contributed by atoms with van der Waals surface area (Å²) in [6, 6.07) is 0. The highest BCUT2D eigenvalue weighted by Crippen LogP contribution is 1.97. The van der Waals surface area contributed by atoms with Gasteiger partial charge in [0.2, 0.25) is 5.91 Å². The zero-order chi connectivity index (χ0) is 8.81. The fraction of sp³-hybridized carbons (Fsp3) is 0.833. The molecule has 12 heavy (non-hydrogen) atoms. The molecule has 1 aliphatic heterocycles. The molecule has 0 unspecified atom stereocenters. The van der Waals surface area contributed by atoms with E-state index in [0.29, 0.717) is 26.2 Å². The van der Waals surface area contributed by atoms with E-state index in [1.165, 1.54) is 0 Å². The Morgan fingerprint density at radius 3 is 3.25 bits per heavy atom. The molecule has 0 spiro atoms. The van der Waals surface area contributed by atoms with Gasteiger partial charge in [-0.25, -0.2) is 0 Å². The SMILES string of the molecule is [N-]=[N+]=NCCN1CCOCC1=O. The maximum Gasteiger partial charge on any atom is 0.248 e. The van der Waals surface area contributed by atoms with Crippen LogP contribution in [0.5, 0.6) is 0 Å². The van der Waals surface area contributed by atoms with Gasteiger partial charge in [-0.05, 0) is 5.53 Å². The molecule has 0 aromatic rings. The molecular weight excluding hydrogens is 160 g/mol. The van der Waals surface area contributed by atoms with Crippen molar-refractivity contribution in [2.75, 3.05) is 32.8 Å². The van der Waals surface area contributed by atoms with E-state index in [1.807, 2.05) is 0 Å². The van der Waals surface area contributed by atoms with Crippen LogP contribution in [-0.2, 0) is 9.53 Å². The van der Waals surface area contributed by atoms with E-state index in [4.69, 9.17) is 10.3 Å². The largest absolute Gasteiger partial charge is 0.370 e. The summed E-state index contributed by atoms with van der Waals surface area (Å²) in [6.07, 6.45) is 0. The van der Waals surface area contributed by atoms with Gasteiger partial charge in [0.1, 0.15) is 6.61 Å². The number of carbonyl (C=O) groups excluding carboxylic acids is 1. The van der Waals surface area contributed by atoms with Crippen molar-refractivity contribution >= 4 is 5.91 Å². The molecule has 1 amide bonds. The second kappa shape index (κ2) is 4.58. The summed E-state index contributed by atoms with van der Waals surface area (Å²) in [5.74, 6) is -0.0330. The first-order valence-electron chi connectivity index (χ1n) is 3.71. The average molecular weight is 170 g/mol. The van der Waals surface area contributed by atoms with Crippen LogP contribution in [0.1, 0.15) is 0 Å². The minimum Gasteiger partial charge on any atom is -0.370 e. The molecule has 1 saturated heterocycles. The quantitative estimate of drug-likeness (QED) is 0.343. The molecule has 6 heteroatoms. The molecule has 0 aromatic carbocycles. The van der Waals surface area contributed by atoms with Crippen LogP contribution in [0.15, 0.2) is 5.11 Å². The van der Waals surface area contributed by atoms with Gasteiger partial charge < -0.3 is 9.64 Å². The van der Waals surface area contributed by atoms with Crippen LogP contribution in [0.2, 0.25) is 0 Å². The molecule has 1 heterocycles. The summed E-state index contributed by atoms with van der Waals surface area (Å²) < 4.78 is 4.92. The summed E-state index contributed by atoms with van der Waals surface area (Å²) in [6.45, 7) is 2.15. The minimum atomic E-state index is -0.0330. The standard InChI is InChI=1S/C6H10N4O2/c7-9-8-1-2-10-3-4-12-5-6(10)11/h1-5H2. The van der Waals surface area contributed by atoms with Crippen LogP contribution < -0.4 is 0 Å². The third-order valence-corrected chi connectivity index (χ3v) is 1.62. The smallest absolute Gasteiger partial charge is 0.248 e. The summed E-state index contributed by atoms with van der Waals surface area (Å²) in [7, 11) is 0. The highest BCUT2D eigenvalue weighted by atomic mass is 16.5. The molecule has 0 aromatic heterocycles. The topological polar surface area (TPSA) is 78.3 Å². The Labute approximate surface area is 69.7 Å². The molecule has 0 atom stereocenters. The van der Waals surface area contributed by atoms with Crippen molar-refractivity contribution in [2.45, 2.75) is 0 Å². The molecule has 6 nitrogen and oxygen atoms in total. The Kier molecular flexibility index (Phi) is 3.37. The van der Waals surface area contributed by atoms with E-state index in [9.17, 15) is 4.79 Å². The van der Waals surface area contributed by atoms with Crippen molar-refractivity contribution in [2.24, 2.45) is 5.11 Å². The van der Waals surface area contributed by atoms with Gasteiger partial charge in [-0.15, -0.1) is 0 Å². The molecule has 66 valence electrons. The first kappa shape index (κ1) is 8.83. The molecule has 1 fully saturated rings. The van der Waals surface area contributed by atoms with Gasteiger partial charge in [0.25, 0.3) is 0 Å². The molecular formula is C6H10N4O2. The first-order chi connectivity index (χ1) is 5.84. The van der Waals surface area contributed by atoms with Gasteiger partial charge in [-0.3, -0.25) is 4.79 Å². The van der Waals surface area contributed by atoms with Gasteiger partial charge in [0, 0.05) is 24.5 Å². The predicted molar refractivity (Wildman–Crippen MR) is 41.4 cm³/mol. The van der Waals surface area contributed by atoms with Gasteiger partial charge in [0.05, 0.1) is 6.61 Å². The lowest BCUT2D eigenvalue weighted by Crippen LogP contribution is -2.42. The highest BCUT2D eigenvalue weighted by Gasteiger charge is 2.16. The number of nitrogens with zero attached hydrogens (tertiary/aromatic N) is 4. The zero-order valence-corrected chi connectivity index (χ0v) is 6.64. The van der Waals surface area contributed by atoms with Crippen LogP contribution in [0.4, 0.5) is 0 Å². The fourth-order valence-electron chi connectivity index (χ4n) is 0.997. The van der Waals surface area contributed by atoms with E-state index in [0.717, 1.165) is 0 Å². The number of morpholine rings is 1. The van der Waals surface area contributed by atoms with Crippen molar-refractivity contribution in [1.29, 1.82) is 0 Å². The monoisotopic (exact) mass is 170 g/mol. The van der Waals surface area contributed by atoms with Gasteiger partial charge in [0.15, 0.2) is 0 Å². The highest BCUT2D eigenvalue weighted by molar-refractivity contribution is 5.77. The Morgan fingerprint density at radius 2 is 2.58 bits per heavy atom. The molecule has 0 bridgehead atoms. The number of ether oxygens (including phenoxy) is 1.